The number of aliphatic hydroxyl groups is 1. The Morgan fingerprint density at radius 1 is 1.06 bits per heavy atom. The third kappa shape index (κ3) is 4.90. The Hall–Kier alpha value is -2.66. The number of halogens is 1. The van der Waals surface area contributed by atoms with Crippen LogP contribution in [0, 0.1) is 0 Å². The quantitative estimate of drug-likeness (QED) is 0.499. The predicted molar refractivity (Wildman–Crippen MR) is 138 cm³/mol. The van der Waals surface area contributed by atoms with Crippen molar-refractivity contribution in [3.05, 3.63) is 107 Å². The molecule has 5 heteroatoms. The van der Waals surface area contributed by atoms with Crippen molar-refractivity contribution in [1.82, 2.24) is 9.80 Å². The number of benzene rings is 3. The van der Waals surface area contributed by atoms with E-state index in [0.717, 1.165) is 4.90 Å². The van der Waals surface area contributed by atoms with Crippen LogP contribution in [0.15, 0.2) is 84.8 Å². The lowest BCUT2D eigenvalue weighted by Gasteiger charge is -2.41. The summed E-state index contributed by atoms with van der Waals surface area (Å²) in [5.74, 6) is -1.10. The van der Waals surface area contributed by atoms with Crippen molar-refractivity contribution < 1.29 is 31.8 Å². The summed E-state index contributed by atoms with van der Waals surface area (Å²) in [6.45, 7) is -12.8. The Labute approximate surface area is 230 Å². The first-order chi connectivity index (χ1) is 22.6. The van der Waals surface area contributed by atoms with Gasteiger partial charge in [0.1, 0.15) is 5.41 Å². The number of likely N-dealkylation sites (tertiary alicyclic amines) is 1. The molecule has 0 aliphatic carbocycles. The number of piperidine rings is 1. The number of hydrogen-bond donors (Lipinski definition) is 1. The van der Waals surface area contributed by atoms with E-state index in [1.54, 1.807) is 0 Å². The zero-order valence-electron chi connectivity index (χ0n) is 34.4. The van der Waals surface area contributed by atoms with Crippen LogP contribution in [0.25, 0.3) is 0 Å². The van der Waals surface area contributed by atoms with Crippen LogP contribution in [0.2, 0.25) is 5.02 Å². The molecule has 0 atom stereocenters. The second kappa shape index (κ2) is 10.3. The van der Waals surface area contributed by atoms with Crippen LogP contribution in [0.1, 0.15) is 57.7 Å². The number of hydrogen-bond acceptors (Lipinski definition) is 3. The number of rotatable bonds is 7. The Morgan fingerprint density at radius 3 is 2.03 bits per heavy atom. The van der Waals surface area contributed by atoms with Crippen LogP contribution in [0.5, 0.6) is 0 Å². The summed E-state index contributed by atoms with van der Waals surface area (Å²) >= 11 is 5.86. The lowest BCUT2D eigenvalue weighted by molar-refractivity contribution is -0.133. The van der Waals surface area contributed by atoms with Gasteiger partial charge in [-0.15, -0.1) is 0 Å². The zero-order valence-corrected chi connectivity index (χ0v) is 19.2. The van der Waals surface area contributed by atoms with Gasteiger partial charge < -0.3 is 14.9 Å². The fraction of sp³-hybridized carbons (Fsp3) is 0.345. The zero-order chi connectivity index (χ0) is 38.4. The summed E-state index contributed by atoms with van der Waals surface area (Å²) in [5.41, 5.74) is -8.91. The van der Waals surface area contributed by atoms with Gasteiger partial charge in [-0.05, 0) is 54.4 Å². The van der Waals surface area contributed by atoms with E-state index in [1.165, 1.54) is 74.8 Å². The van der Waals surface area contributed by atoms with E-state index in [1.807, 2.05) is 0 Å². The lowest BCUT2D eigenvalue weighted by Crippen LogP contribution is -2.48. The normalized spacial score (nSPS) is 29.9. The average molecular weight is 493 g/mol. The van der Waals surface area contributed by atoms with Gasteiger partial charge >= 0.3 is 0 Å². The lowest BCUT2D eigenvalue weighted by atomic mass is 9.70. The van der Waals surface area contributed by atoms with Gasteiger partial charge in [0.2, 0.25) is 5.91 Å². The van der Waals surface area contributed by atoms with Crippen molar-refractivity contribution in [1.29, 1.82) is 0 Å². The number of carbonyl (C=O) groups excluding carboxylic acids is 1. The molecule has 0 spiro atoms. The second-order valence-corrected chi connectivity index (χ2v) is 8.00. The molecule has 4 nitrogen and oxygen atoms in total. The minimum absolute atomic E-state index is 0.177. The van der Waals surface area contributed by atoms with E-state index in [9.17, 15) is 15.4 Å². The van der Waals surface area contributed by atoms with Crippen LogP contribution in [-0.2, 0) is 15.8 Å². The maximum Gasteiger partial charge on any atom is 0.237 e. The monoisotopic (exact) mass is 492 g/mol. The minimum atomic E-state index is -4.30. The first kappa shape index (κ1) is 11.4. The number of nitrogens with zero attached hydrogens (tertiary/aromatic N) is 2. The van der Waals surface area contributed by atoms with Crippen LogP contribution in [0.4, 0.5) is 0 Å². The van der Waals surface area contributed by atoms with Gasteiger partial charge in [0.25, 0.3) is 0 Å². The summed E-state index contributed by atoms with van der Waals surface area (Å²) in [5, 5.41) is 11.2. The molecule has 0 unspecified atom stereocenters. The van der Waals surface area contributed by atoms with Crippen molar-refractivity contribution in [2.24, 2.45) is 0 Å². The Kier molecular flexibility index (Phi) is 3.45. The SMILES string of the molecule is [2H]c1c([2H])c(C2(O)C([2H])([2H])C([2H])([2H])N(C([2H])([2H])C([2H])([2H])C(C(=O)N(C)C)(c3ccccc3)c3ccccc3)C([2H])([2H])C2([2H])[2H])c([2H])c([2H])c1Cl. The maximum absolute atomic E-state index is 14.4. The second-order valence-electron chi connectivity index (χ2n) is 7.63. The van der Waals surface area contributed by atoms with Crippen LogP contribution in [0.3, 0.4) is 0 Å². The van der Waals surface area contributed by atoms with E-state index in [0.29, 0.717) is 0 Å². The van der Waals surface area contributed by atoms with Crippen LogP contribution < -0.4 is 0 Å². The van der Waals surface area contributed by atoms with Crippen molar-refractivity contribution in [2.75, 3.05) is 33.6 Å². The molecule has 1 saturated heterocycles. The molecule has 178 valence electrons. The van der Waals surface area contributed by atoms with Gasteiger partial charge in [-0.25, -0.2) is 0 Å². The van der Waals surface area contributed by atoms with Gasteiger partial charge in [-0.1, -0.05) is 84.3 Å². The van der Waals surface area contributed by atoms with E-state index in [4.69, 9.17) is 28.1 Å². The molecule has 0 bridgehead atoms. The highest BCUT2D eigenvalue weighted by Gasteiger charge is 2.43. The molecule has 34 heavy (non-hydrogen) atoms. The molecule has 4 rings (SSSR count). The summed E-state index contributed by atoms with van der Waals surface area (Å²) in [6, 6.07) is 9.08. The highest BCUT2D eigenvalue weighted by atomic mass is 35.5. The largest absolute Gasteiger partial charge is 0.385 e. The molecular formula is C29H33ClN2O2. The van der Waals surface area contributed by atoms with Gasteiger partial charge in [0.15, 0.2) is 0 Å². The molecular weight excluding hydrogens is 444 g/mol. The molecule has 1 aliphatic rings. The molecule has 1 heterocycles. The Morgan fingerprint density at radius 2 is 1.56 bits per heavy atom. The molecule has 3 aromatic rings. The van der Waals surface area contributed by atoms with Gasteiger partial charge in [-0.2, -0.15) is 0 Å². The first-order valence-corrected chi connectivity index (χ1v) is 10.6. The summed E-state index contributed by atoms with van der Waals surface area (Å²) in [6.07, 6.45) is -12.4. The summed E-state index contributed by atoms with van der Waals surface area (Å²) in [4.78, 5) is 14.7. The van der Waals surface area contributed by atoms with Crippen molar-refractivity contribution >= 4 is 17.5 Å². The predicted octanol–water partition coefficient (Wildman–Crippen LogP) is 5.09. The third-order valence-electron chi connectivity index (χ3n) is 5.15. The van der Waals surface area contributed by atoms with E-state index in [-0.39, 0.29) is 11.1 Å². The first-order valence-electron chi connectivity index (χ1n) is 18.2. The van der Waals surface area contributed by atoms with E-state index in [2.05, 4.69) is 0 Å². The fourth-order valence-corrected chi connectivity index (χ4v) is 3.55. The van der Waals surface area contributed by atoms with Crippen molar-refractivity contribution in [3.8, 4) is 0 Å². The van der Waals surface area contributed by atoms with E-state index >= 15 is 0 Å². The van der Waals surface area contributed by atoms with Crippen molar-refractivity contribution in [3.63, 3.8) is 0 Å². The molecule has 0 aromatic heterocycles. The fourth-order valence-electron chi connectivity index (χ4n) is 3.45. The number of likely N-dealkylation sites (N-methyl/N-ethyl adjacent to an activating group) is 1. The van der Waals surface area contributed by atoms with Gasteiger partial charge in [-0.3, -0.25) is 4.79 Å². The Bertz CT molecular complexity index is 1710. The molecule has 3 aromatic carbocycles. The third-order valence-corrected chi connectivity index (χ3v) is 5.34. The van der Waals surface area contributed by atoms with Gasteiger partial charge in [0, 0.05) is 48.6 Å². The van der Waals surface area contributed by atoms with Gasteiger partial charge in [0.05, 0.1) is 11.1 Å². The maximum atomic E-state index is 14.4. The highest BCUT2D eigenvalue weighted by molar-refractivity contribution is 6.30. The highest BCUT2D eigenvalue weighted by Crippen LogP contribution is 2.39. The summed E-state index contributed by atoms with van der Waals surface area (Å²) < 4.78 is 142. The molecule has 1 aliphatic heterocycles. The number of carbonyl (C=O) groups is 1. The molecule has 1 fully saturated rings. The molecule has 1 amide bonds. The number of amides is 1. The standard InChI is InChI=1S/C29H33ClN2O2/c1-31(2)27(33)29(24-9-5-3-6-10-24,25-11-7-4-8-12-25)19-22-32-20-17-28(34,18-21-32)23-13-15-26(30)16-14-23/h3-16,34H,17-22H2,1-2H3/i13D,14D,15D,16D,17D2,18D2,19D2,20D2,21D2,22D2. The minimum Gasteiger partial charge on any atom is -0.385 e. The van der Waals surface area contributed by atoms with E-state index < -0.39 is 95.2 Å². The molecule has 0 radical (unpaired) electrons. The molecule has 0 saturated carbocycles. The average Bonchev–Trinajstić information content (AvgIpc) is 3.02. The van der Waals surface area contributed by atoms with Crippen LogP contribution >= 0.6 is 11.6 Å². The topological polar surface area (TPSA) is 43.8 Å². The van der Waals surface area contributed by atoms with Crippen LogP contribution in [-0.4, -0.2) is 54.4 Å². The summed E-state index contributed by atoms with van der Waals surface area (Å²) in [7, 11) is 2.49. The van der Waals surface area contributed by atoms with Crippen molar-refractivity contribution in [2.45, 2.75) is 30.1 Å². The smallest absolute Gasteiger partial charge is 0.237 e. The molecule has 1 N–H and O–H groups in total. The Balaban J connectivity index is 2.17.